The molecule has 1 nitrogen and oxygen atoms in total. The van der Waals surface area contributed by atoms with Crippen LogP contribution in [0, 0.1) is 25.5 Å². The van der Waals surface area contributed by atoms with E-state index in [0.29, 0.717) is 11.1 Å². The first-order valence-corrected chi connectivity index (χ1v) is 5.76. The van der Waals surface area contributed by atoms with Crippen LogP contribution >= 0.6 is 0 Å². The summed E-state index contributed by atoms with van der Waals surface area (Å²) in [5.74, 6) is -0.659. The van der Waals surface area contributed by atoms with E-state index in [1.807, 2.05) is 13.0 Å². The third-order valence-electron chi connectivity index (χ3n) is 3.00. The van der Waals surface area contributed by atoms with Crippen LogP contribution in [0.15, 0.2) is 36.4 Å². The van der Waals surface area contributed by atoms with Gasteiger partial charge in [0.25, 0.3) is 0 Å². The summed E-state index contributed by atoms with van der Waals surface area (Å²) < 4.78 is 26.6. The van der Waals surface area contributed by atoms with Crippen molar-refractivity contribution in [3.8, 4) is 0 Å². The highest BCUT2D eigenvalue weighted by atomic mass is 19.1. The molecule has 0 aliphatic carbocycles. The fourth-order valence-electron chi connectivity index (χ4n) is 2.07. The van der Waals surface area contributed by atoms with Gasteiger partial charge in [-0.15, -0.1) is 0 Å². The minimum atomic E-state index is -0.518. The van der Waals surface area contributed by atoms with E-state index in [9.17, 15) is 8.78 Å². The largest absolute Gasteiger partial charge is 0.320 e. The molecule has 2 rings (SSSR count). The molecule has 0 fully saturated rings. The Balaban J connectivity index is 2.47. The number of benzene rings is 2. The highest BCUT2D eigenvalue weighted by molar-refractivity contribution is 5.38. The molecule has 0 aromatic heterocycles. The molecule has 2 aromatic rings. The average Bonchev–Trinajstić information content (AvgIpc) is 2.30. The maximum absolute atomic E-state index is 13.4. The molecule has 0 saturated heterocycles. The van der Waals surface area contributed by atoms with Gasteiger partial charge in [-0.3, -0.25) is 0 Å². The average molecular weight is 247 g/mol. The summed E-state index contributed by atoms with van der Waals surface area (Å²) in [6.07, 6.45) is 0. The van der Waals surface area contributed by atoms with E-state index in [4.69, 9.17) is 5.73 Å². The molecular formula is C15H15F2N. The van der Waals surface area contributed by atoms with E-state index in [2.05, 4.69) is 0 Å². The Hall–Kier alpha value is -1.74. The third-order valence-corrected chi connectivity index (χ3v) is 3.00. The van der Waals surface area contributed by atoms with Gasteiger partial charge in [0.15, 0.2) is 0 Å². The molecule has 0 saturated carbocycles. The Labute approximate surface area is 105 Å². The van der Waals surface area contributed by atoms with Crippen molar-refractivity contribution in [2.75, 3.05) is 0 Å². The first-order valence-electron chi connectivity index (χ1n) is 5.76. The molecule has 0 heterocycles. The van der Waals surface area contributed by atoms with Crippen LogP contribution in [0.4, 0.5) is 8.78 Å². The van der Waals surface area contributed by atoms with Crippen LogP contribution in [0.25, 0.3) is 0 Å². The van der Waals surface area contributed by atoms with Gasteiger partial charge in [0.1, 0.15) is 11.6 Å². The summed E-state index contributed by atoms with van der Waals surface area (Å²) in [5, 5.41) is 0. The SMILES string of the molecule is Cc1cc(F)cc(C(N)c2cc(F)ccc2C)c1. The van der Waals surface area contributed by atoms with Gasteiger partial charge in [-0.25, -0.2) is 8.78 Å². The Morgan fingerprint density at radius 1 is 0.944 bits per heavy atom. The molecule has 94 valence electrons. The van der Waals surface area contributed by atoms with Gasteiger partial charge in [-0.2, -0.15) is 0 Å². The number of nitrogens with two attached hydrogens (primary N) is 1. The number of aryl methyl sites for hydroxylation is 2. The molecule has 0 spiro atoms. The van der Waals surface area contributed by atoms with Crippen molar-refractivity contribution in [3.05, 3.63) is 70.3 Å². The van der Waals surface area contributed by atoms with Gasteiger partial charge in [0, 0.05) is 0 Å². The molecular weight excluding hydrogens is 232 g/mol. The normalized spacial score (nSPS) is 12.5. The standard InChI is InChI=1S/C15H15F2N/c1-9-5-11(7-13(17)6-9)15(18)14-8-12(16)4-3-10(14)2/h3-8,15H,18H2,1-2H3. The van der Waals surface area contributed by atoms with Crippen LogP contribution in [0.1, 0.15) is 28.3 Å². The predicted octanol–water partition coefficient (Wildman–Crippen LogP) is 3.63. The first-order chi connectivity index (χ1) is 8.47. The molecule has 3 heteroatoms. The lowest BCUT2D eigenvalue weighted by Gasteiger charge is -2.16. The Morgan fingerprint density at radius 3 is 2.33 bits per heavy atom. The zero-order valence-electron chi connectivity index (χ0n) is 10.4. The van der Waals surface area contributed by atoms with Crippen molar-refractivity contribution < 1.29 is 8.78 Å². The fraction of sp³-hybridized carbons (Fsp3) is 0.200. The third kappa shape index (κ3) is 2.57. The molecule has 0 amide bonds. The van der Waals surface area contributed by atoms with Crippen molar-refractivity contribution in [3.63, 3.8) is 0 Å². The topological polar surface area (TPSA) is 26.0 Å². The lowest BCUT2D eigenvalue weighted by molar-refractivity contribution is 0.618. The maximum atomic E-state index is 13.4. The van der Waals surface area contributed by atoms with Crippen molar-refractivity contribution in [2.45, 2.75) is 19.9 Å². The Morgan fingerprint density at radius 2 is 1.67 bits per heavy atom. The van der Waals surface area contributed by atoms with Crippen LogP contribution < -0.4 is 5.73 Å². The van der Waals surface area contributed by atoms with Gasteiger partial charge in [0.05, 0.1) is 6.04 Å². The predicted molar refractivity (Wildman–Crippen MR) is 68.3 cm³/mol. The number of halogens is 2. The smallest absolute Gasteiger partial charge is 0.123 e. The van der Waals surface area contributed by atoms with Gasteiger partial charge >= 0.3 is 0 Å². The van der Waals surface area contributed by atoms with Gasteiger partial charge < -0.3 is 5.73 Å². The van der Waals surface area contributed by atoms with Crippen LogP contribution in [0.5, 0.6) is 0 Å². The van der Waals surface area contributed by atoms with Gasteiger partial charge in [-0.05, 0) is 60.4 Å². The van der Waals surface area contributed by atoms with E-state index in [1.165, 1.54) is 24.3 Å². The zero-order valence-corrected chi connectivity index (χ0v) is 10.4. The monoisotopic (exact) mass is 247 g/mol. The summed E-state index contributed by atoms with van der Waals surface area (Å²) in [6, 6.07) is 8.60. The minimum absolute atomic E-state index is 0.325. The van der Waals surface area contributed by atoms with Crippen molar-refractivity contribution in [1.82, 2.24) is 0 Å². The van der Waals surface area contributed by atoms with Crippen LogP contribution in [-0.2, 0) is 0 Å². The van der Waals surface area contributed by atoms with E-state index < -0.39 is 6.04 Å². The second-order valence-electron chi connectivity index (χ2n) is 4.54. The highest BCUT2D eigenvalue weighted by Crippen LogP contribution is 2.24. The van der Waals surface area contributed by atoms with Crippen LogP contribution in [0.3, 0.4) is 0 Å². The Kier molecular flexibility index (Phi) is 3.43. The maximum Gasteiger partial charge on any atom is 0.123 e. The van der Waals surface area contributed by atoms with Gasteiger partial charge in [-0.1, -0.05) is 12.1 Å². The second kappa shape index (κ2) is 4.86. The van der Waals surface area contributed by atoms with E-state index in [0.717, 1.165) is 11.1 Å². The molecule has 18 heavy (non-hydrogen) atoms. The van der Waals surface area contributed by atoms with Crippen molar-refractivity contribution >= 4 is 0 Å². The van der Waals surface area contributed by atoms with Crippen molar-refractivity contribution in [1.29, 1.82) is 0 Å². The molecule has 2 aromatic carbocycles. The minimum Gasteiger partial charge on any atom is -0.320 e. The molecule has 1 unspecified atom stereocenters. The number of hydrogen-bond donors (Lipinski definition) is 1. The second-order valence-corrected chi connectivity index (χ2v) is 4.54. The molecule has 0 aliphatic heterocycles. The molecule has 0 radical (unpaired) electrons. The summed E-state index contributed by atoms with van der Waals surface area (Å²) in [6.45, 7) is 3.67. The number of rotatable bonds is 2. The zero-order chi connectivity index (χ0) is 13.3. The summed E-state index contributed by atoms with van der Waals surface area (Å²) in [4.78, 5) is 0. The van der Waals surface area contributed by atoms with E-state index in [1.54, 1.807) is 13.0 Å². The quantitative estimate of drug-likeness (QED) is 0.861. The van der Waals surface area contributed by atoms with E-state index in [-0.39, 0.29) is 11.6 Å². The number of hydrogen-bond acceptors (Lipinski definition) is 1. The summed E-state index contributed by atoms with van der Waals surface area (Å²) in [7, 11) is 0. The van der Waals surface area contributed by atoms with Crippen LogP contribution in [0.2, 0.25) is 0 Å². The van der Waals surface area contributed by atoms with Gasteiger partial charge in [0.2, 0.25) is 0 Å². The summed E-state index contributed by atoms with van der Waals surface area (Å²) >= 11 is 0. The van der Waals surface area contributed by atoms with Crippen molar-refractivity contribution in [2.24, 2.45) is 5.73 Å². The molecule has 2 N–H and O–H groups in total. The first kappa shape index (κ1) is 12.7. The summed E-state index contributed by atoms with van der Waals surface area (Å²) in [5.41, 5.74) is 9.12. The van der Waals surface area contributed by atoms with Crippen LogP contribution in [-0.4, -0.2) is 0 Å². The van der Waals surface area contributed by atoms with E-state index >= 15 is 0 Å². The lowest BCUT2D eigenvalue weighted by Crippen LogP contribution is -2.14. The highest BCUT2D eigenvalue weighted by Gasteiger charge is 2.13. The Bertz CT molecular complexity index is 558. The lowest BCUT2D eigenvalue weighted by atomic mass is 9.94. The molecule has 0 bridgehead atoms. The fourth-order valence-corrected chi connectivity index (χ4v) is 2.07. The molecule has 0 aliphatic rings. The molecule has 1 atom stereocenters.